The van der Waals surface area contributed by atoms with Gasteiger partial charge in [0.25, 0.3) is 0 Å². The molecular weight excluding hydrogens is 252 g/mol. The molecule has 2 unspecified atom stereocenters. The van der Waals surface area contributed by atoms with Crippen LogP contribution in [0.15, 0.2) is 31.0 Å². The quantitative estimate of drug-likeness (QED) is 0.928. The molecule has 20 heavy (non-hydrogen) atoms. The average molecular weight is 274 g/mol. The first kappa shape index (κ1) is 14.7. The van der Waals surface area contributed by atoms with Gasteiger partial charge in [-0.3, -0.25) is 4.98 Å². The highest BCUT2D eigenvalue weighted by Gasteiger charge is 2.32. The lowest BCUT2D eigenvalue weighted by Gasteiger charge is -2.32. The van der Waals surface area contributed by atoms with Crippen molar-refractivity contribution in [3.63, 3.8) is 0 Å². The van der Waals surface area contributed by atoms with E-state index in [0.717, 1.165) is 11.3 Å². The van der Waals surface area contributed by atoms with Crippen LogP contribution in [0.1, 0.15) is 38.1 Å². The molecule has 0 aliphatic carbocycles. The van der Waals surface area contributed by atoms with E-state index in [1.165, 1.54) is 6.33 Å². The predicted molar refractivity (Wildman–Crippen MR) is 77.2 cm³/mol. The fourth-order valence-electron chi connectivity index (χ4n) is 2.15. The topological polar surface area (TPSA) is 63.8 Å². The van der Waals surface area contributed by atoms with Gasteiger partial charge in [0.15, 0.2) is 0 Å². The van der Waals surface area contributed by atoms with E-state index in [9.17, 15) is 5.11 Å². The number of aliphatic hydroxyl groups is 1. The van der Waals surface area contributed by atoms with E-state index in [1.54, 1.807) is 11.0 Å². The van der Waals surface area contributed by atoms with Gasteiger partial charge in [-0.15, -0.1) is 0 Å². The van der Waals surface area contributed by atoms with Crippen molar-refractivity contribution in [2.45, 2.75) is 46.3 Å². The molecule has 2 aromatic rings. The van der Waals surface area contributed by atoms with Crippen LogP contribution in [-0.4, -0.2) is 31.0 Å². The third-order valence-electron chi connectivity index (χ3n) is 3.42. The summed E-state index contributed by atoms with van der Waals surface area (Å²) < 4.78 is 1.72. The minimum atomic E-state index is -0.535. The second kappa shape index (κ2) is 5.71. The third kappa shape index (κ3) is 3.42. The van der Waals surface area contributed by atoms with Gasteiger partial charge in [-0.25, -0.2) is 9.67 Å². The number of aryl methyl sites for hydroxylation is 1. The Morgan fingerprint density at radius 2 is 2.05 bits per heavy atom. The van der Waals surface area contributed by atoms with Crippen molar-refractivity contribution in [3.05, 3.63) is 42.2 Å². The zero-order valence-electron chi connectivity index (χ0n) is 12.5. The summed E-state index contributed by atoms with van der Waals surface area (Å²) >= 11 is 0. The Hall–Kier alpha value is -1.75. The zero-order chi connectivity index (χ0) is 14.8. The summed E-state index contributed by atoms with van der Waals surface area (Å²) in [5, 5.41) is 14.8. The van der Waals surface area contributed by atoms with Crippen LogP contribution < -0.4 is 0 Å². The number of rotatable bonds is 4. The molecule has 0 aliphatic rings. The van der Waals surface area contributed by atoms with Crippen molar-refractivity contribution < 1.29 is 5.11 Å². The molecule has 0 radical (unpaired) electrons. The lowest BCUT2D eigenvalue weighted by Crippen LogP contribution is -2.37. The van der Waals surface area contributed by atoms with Crippen LogP contribution in [0.3, 0.4) is 0 Å². The number of aromatic nitrogens is 4. The Kier molecular flexibility index (Phi) is 4.18. The number of pyridine rings is 1. The normalized spacial score (nSPS) is 15.1. The number of aliphatic hydroxyl groups excluding tert-OH is 1. The summed E-state index contributed by atoms with van der Waals surface area (Å²) in [5.41, 5.74) is 1.84. The van der Waals surface area contributed by atoms with E-state index < -0.39 is 6.10 Å². The van der Waals surface area contributed by atoms with Gasteiger partial charge in [0.1, 0.15) is 12.7 Å². The van der Waals surface area contributed by atoms with Crippen LogP contribution in [-0.2, 0) is 6.42 Å². The number of hydrogen-bond acceptors (Lipinski definition) is 4. The highest BCUT2D eigenvalue weighted by atomic mass is 16.3. The molecule has 0 saturated carbocycles. The fraction of sp³-hybridized carbons (Fsp3) is 0.533. The van der Waals surface area contributed by atoms with Crippen LogP contribution in [0, 0.1) is 12.3 Å². The van der Waals surface area contributed by atoms with Crippen molar-refractivity contribution in [3.8, 4) is 0 Å². The maximum absolute atomic E-state index is 10.6. The van der Waals surface area contributed by atoms with E-state index in [2.05, 4.69) is 15.1 Å². The van der Waals surface area contributed by atoms with Crippen LogP contribution in [0.4, 0.5) is 0 Å². The Morgan fingerprint density at radius 3 is 2.55 bits per heavy atom. The summed E-state index contributed by atoms with van der Waals surface area (Å²) in [5.74, 6) is 0. The lowest BCUT2D eigenvalue weighted by atomic mass is 9.83. The highest BCUT2D eigenvalue weighted by Crippen LogP contribution is 2.29. The summed E-state index contributed by atoms with van der Waals surface area (Å²) in [4.78, 5) is 8.40. The smallest absolute Gasteiger partial charge is 0.137 e. The number of nitrogens with zero attached hydrogens (tertiary/aromatic N) is 4. The van der Waals surface area contributed by atoms with Gasteiger partial charge in [-0.2, -0.15) is 5.10 Å². The maximum Gasteiger partial charge on any atom is 0.137 e. The van der Waals surface area contributed by atoms with E-state index in [0.29, 0.717) is 6.42 Å². The Morgan fingerprint density at radius 1 is 1.30 bits per heavy atom. The summed E-state index contributed by atoms with van der Waals surface area (Å²) in [6.07, 6.45) is 5.07. The van der Waals surface area contributed by atoms with Gasteiger partial charge in [0.05, 0.1) is 12.1 Å². The molecule has 0 amide bonds. The molecule has 2 heterocycles. The lowest BCUT2D eigenvalue weighted by molar-refractivity contribution is 0.0121. The number of hydrogen-bond donors (Lipinski definition) is 1. The van der Waals surface area contributed by atoms with Crippen molar-refractivity contribution in [1.82, 2.24) is 19.7 Å². The van der Waals surface area contributed by atoms with Crippen LogP contribution in [0.5, 0.6) is 0 Å². The largest absolute Gasteiger partial charge is 0.390 e. The molecule has 0 aliphatic heterocycles. The molecule has 0 aromatic carbocycles. The summed E-state index contributed by atoms with van der Waals surface area (Å²) in [6, 6.07) is 3.85. The Bertz CT molecular complexity index is 528. The van der Waals surface area contributed by atoms with Gasteiger partial charge in [-0.1, -0.05) is 26.8 Å². The Balaban J connectivity index is 2.26. The third-order valence-corrected chi connectivity index (χ3v) is 3.42. The molecule has 2 aromatic heterocycles. The molecule has 5 heteroatoms. The summed E-state index contributed by atoms with van der Waals surface area (Å²) in [7, 11) is 0. The Labute approximate surface area is 119 Å². The first-order valence-electron chi connectivity index (χ1n) is 6.81. The molecule has 5 nitrogen and oxygen atoms in total. The molecule has 108 valence electrons. The van der Waals surface area contributed by atoms with Crippen molar-refractivity contribution in [2.24, 2.45) is 5.41 Å². The summed E-state index contributed by atoms with van der Waals surface area (Å²) in [6.45, 7) is 8.06. The molecule has 2 atom stereocenters. The fourth-order valence-corrected chi connectivity index (χ4v) is 2.15. The van der Waals surface area contributed by atoms with Crippen LogP contribution >= 0.6 is 0 Å². The van der Waals surface area contributed by atoms with Crippen LogP contribution in [0.2, 0.25) is 0 Å². The molecule has 1 N–H and O–H groups in total. The molecule has 0 spiro atoms. The van der Waals surface area contributed by atoms with Crippen molar-refractivity contribution in [2.75, 3.05) is 0 Å². The van der Waals surface area contributed by atoms with Gasteiger partial charge < -0.3 is 5.11 Å². The molecule has 0 bridgehead atoms. The minimum absolute atomic E-state index is 0.173. The average Bonchev–Trinajstić information content (AvgIpc) is 2.90. The zero-order valence-corrected chi connectivity index (χ0v) is 12.5. The van der Waals surface area contributed by atoms with E-state index in [4.69, 9.17) is 0 Å². The minimum Gasteiger partial charge on any atom is -0.390 e. The second-order valence-corrected chi connectivity index (χ2v) is 6.28. The second-order valence-electron chi connectivity index (χ2n) is 6.28. The van der Waals surface area contributed by atoms with Crippen molar-refractivity contribution >= 4 is 0 Å². The monoisotopic (exact) mass is 274 g/mol. The van der Waals surface area contributed by atoms with E-state index in [-0.39, 0.29) is 11.5 Å². The first-order valence-corrected chi connectivity index (χ1v) is 6.81. The maximum atomic E-state index is 10.6. The first-order chi connectivity index (χ1) is 9.38. The van der Waals surface area contributed by atoms with E-state index in [1.807, 2.05) is 46.0 Å². The SMILES string of the molecule is Cc1ccc(CC(C(O)C(C)(C)C)n2cncn2)nc1. The van der Waals surface area contributed by atoms with Crippen LogP contribution in [0.25, 0.3) is 0 Å². The highest BCUT2D eigenvalue weighted by molar-refractivity contribution is 5.13. The predicted octanol–water partition coefficient (Wildman–Crippen LogP) is 2.17. The van der Waals surface area contributed by atoms with Gasteiger partial charge in [0.2, 0.25) is 0 Å². The van der Waals surface area contributed by atoms with E-state index >= 15 is 0 Å². The van der Waals surface area contributed by atoms with Gasteiger partial charge in [-0.05, 0) is 24.0 Å². The molecule has 0 saturated heterocycles. The van der Waals surface area contributed by atoms with Gasteiger partial charge in [0, 0.05) is 18.3 Å². The molecular formula is C15H22N4O. The standard InChI is InChI=1S/C15H22N4O/c1-11-5-6-12(17-8-11)7-13(14(20)15(2,3)4)19-10-16-9-18-19/h5-6,8-10,13-14,20H,7H2,1-4H3. The molecule has 2 rings (SSSR count). The molecule has 0 fully saturated rings. The van der Waals surface area contributed by atoms with Gasteiger partial charge >= 0.3 is 0 Å². The van der Waals surface area contributed by atoms with Crippen molar-refractivity contribution in [1.29, 1.82) is 0 Å².